The molecule has 0 aromatic heterocycles. The molecular weight excluding hydrogens is 498 g/mol. The first kappa shape index (κ1) is 36.5. The molecule has 6 nitrogen and oxygen atoms in total. The first-order valence-corrected chi connectivity index (χ1v) is 16.4. The maximum Gasteiger partial charge on any atom is 0.306 e. The molecule has 0 saturated carbocycles. The van der Waals surface area contributed by atoms with Crippen molar-refractivity contribution in [3.63, 3.8) is 0 Å². The molecule has 38 heavy (non-hydrogen) atoms. The van der Waals surface area contributed by atoms with Crippen molar-refractivity contribution in [3.05, 3.63) is 12.2 Å². The minimum Gasteiger partial charge on any atom is -0.462 e. The van der Waals surface area contributed by atoms with Gasteiger partial charge in [0.25, 0.3) is 5.24 Å². The van der Waals surface area contributed by atoms with E-state index in [1.807, 2.05) is 13.0 Å². The van der Waals surface area contributed by atoms with Gasteiger partial charge < -0.3 is 14.4 Å². The number of amides is 1. The lowest BCUT2D eigenvalue weighted by Gasteiger charge is -2.22. The van der Waals surface area contributed by atoms with Crippen molar-refractivity contribution >= 4 is 28.9 Å². The van der Waals surface area contributed by atoms with Crippen molar-refractivity contribution in [2.24, 2.45) is 0 Å². The minimum atomic E-state index is -0.239. The van der Waals surface area contributed by atoms with Crippen LogP contribution in [0.15, 0.2) is 12.2 Å². The van der Waals surface area contributed by atoms with Gasteiger partial charge in [0.05, 0.1) is 0 Å². The number of esters is 2. The second kappa shape index (κ2) is 27.1. The number of hydrogen-bond donors (Lipinski definition) is 0. The van der Waals surface area contributed by atoms with Crippen LogP contribution in [0.1, 0.15) is 137 Å². The fourth-order valence-electron chi connectivity index (χ4n) is 4.18. The predicted molar refractivity (Wildman–Crippen MR) is 161 cm³/mol. The number of hydrogen-bond acceptors (Lipinski definition) is 6. The fourth-order valence-corrected chi connectivity index (χ4v) is 4.79. The minimum absolute atomic E-state index is 0.00255. The van der Waals surface area contributed by atoms with Gasteiger partial charge in [-0.2, -0.15) is 0 Å². The smallest absolute Gasteiger partial charge is 0.306 e. The van der Waals surface area contributed by atoms with E-state index in [0.29, 0.717) is 44.7 Å². The van der Waals surface area contributed by atoms with E-state index in [2.05, 4.69) is 26.8 Å². The Morgan fingerprint density at radius 2 is 1.29 bits per heavy atom. The summed E-state index contributed by atoms with van der Waals surface area (Å²) in [6.45, 7) is 9.79. The molecule has 0 spiro atoms. The fraction of sp³-hybridized carbons (Fsp3) is 0.839. The highest BCUT2D eigenvalue weighted by Gasteiger charge is 2.17. The first-order chi connectivity index (χ1) is 18.5. The molecule has 0 aliphatic heterocycles. The molecule has 0 aromatic rings. The van der Waals surface area contributed by atoms with Gasteiger partial charge in [-0.05, 0) is 57.1 Å². The second-order valence-corrected chi connectivity index (χ2v) is 11.2. The molecule has 0 fully saturated rings. The molecule has 0 heterocycles. The number of allylic oxidation sites excluding steroid dienone is 1. The number of nitrogens with zero attached hydrogens (tertiary/aromatic N) is 1. The zero-order valence-electron chi connectivity index (χ0n) is 25.0. The van der Waals surface area contributed by atoms with Gasteiger partial charge in [-0.3, -0.25) is 14.4 Å². The van der Waals surface area contributed by atoms with Crippen molar-refractivity contribution < 1.29 is 23.9 Å². The lowest BCUT2D eigenvalue weighted by Crippen LogP contribution is -2.31. The topological polar surface area (TPSA) is 72.9 Å². The summed E-state index contributed by atoms with van der Waals surface area (Å²) >= 11 is 1.26. The standard InChI is InChI=1S/C31H57NO5S/c1-5-9-12-13-14-15-18-27-36-29(33)23-19-25-32(31(35)38-8-4)26-20-24-30(34)37-28(21-16-10-6-2)22-17-11-7-3/h15,18,28H,5-14,16-17,19-27H2,1-4H3/b18-15-. The molecular formula is C31H57NO5S. The average Bonchev–Trinajstić information content (AvgIpc) is 2.89. The Hall–Kier alpha value is -1.50. The highest BCUT2D eigenvalue weighted by molar-refractivity contribution is 8.13. The van der Waals surface area contributed by atoms with Gasteiger partial charge in [0.2, 0.25) is 0 Å². The van der Waals surface area contributed by atoms with Crippen LogP contribution in [0.5, 0.6) is 0 Å². The van der Waals surface area contributed by atoms with Crippen molar-refractivity contribution in [1.82, 2.24) is 4.90 Å². The van der Waals surface area contributed by atoms with Crippen LogP contribution in [0.3, 0.4) is 0 Å². The van der Waals surface area contributed by atoms with Crippen LogP contribution in [-0.4, -0.2) is 53.6 Å². The summed E-state index contributed by atoms with van der Waals surface area (Å²) in [5.41, 5.74) is 0. The Kier molecular flexibility index (Phi) is 26.0. The molecule has 0 unspecified atom stereocenters. The number of rotatable bonds is 25. The third kappa shape index (κ3) is 22.5. The lowest BCUT2D eigenvalue weighted by atomic mass is 10.0. The summed E-state index contributed by atoms with van der Waals surface area (Å²) in [7, 11) is 0. The zero-order chi connectivity index (χ0) is 28.3. The molecule has 0 radical (unpaired) electrons. The van der Waals surface area contributed by atoms with Gasteiger partial charge in [0.1, 0.15) is 12.7 Å². The highest BCUT2D eigenvalue weighted by atomic mass is 32.2. The monoisotopic (exact) mass is 555 g/mol. The van der Waals surface area contributed by atoms with E-state index >= 15 is 0 Å². The van der Waals surface area contributed by atoms with Crippen molar-refractivity contribution in [2.75, 3.05) is 25.4 Å². The van der Waals surface area contributed by atoms with E-state index in [1.165, 1.54) is 37.4 Å². The van der Waals surface area contributed by atoms with E-state index in [9.17, 15) is 14.4 Å². The Morgan fingerprint density at radius 1 is 0.711 bits per heavy atom. The van der Waals surface area contributed by atoms with Gasteiger partial charge in [-0.25, -0.2) is 0 Å². The van der Waals surface area contributed by atoms with E-state index in [1.54, 1.807) is 4.90 Å². The Balaban J connectivity index is 4.39. The van der Waals surface area contributed by atoms with Crippen LogP contribution >= 0.6 is 11.8 Å². The number of ether oxygens (including phenoxy) is 2. The summed E-state index contributed by atoms with van der Waals surface area (Å²) in [5, 5.41) is -0.00255. The van der Waals surface area contributed by atoms with Gasteiger partial charge >= 0.3 is 11.9 Å². The molecule has 0 aliphatic rings. The van der Waals surface area contributed by atoms with Crippen LogP contribution in [0, 0.1) is 0 Å². The van der Waals surface area contributed by atoms with Gasteiger partial charge in [-0.1, -0.05) is 96.6 Å². The van der Waals surface area contributed by atoms with Crippen LogP contribution in [-0.2, 0) is 19.1 Å². The summed E-state index contributed by atoms with van der Waals surface area (Å²) in [6, 6.07) is 0. The average molecular weight is 556 g/mol. The highest BCUT2D eigenvalue weighted by Crippen LogP contribution is 2.16. The molecule has 0 rings (SSSR count). The normalized spacial score (nSPS) is 11.3. The van der Waals surface area contributed by atoms with Crippen molar-refractivity contribution in [3.8, 4) is 0 Å². The van der Waals surface area contributed by atoms with E-state index in [-0.39, 0.29) is 29.7 Å². The summed E-state index contributed by atoms with van der Waals surface area (Å²) in [5.74, 6) is 0.291. The molecule has 0 aromatic carbocycles. The summed E-state index contributed by atoms with van der Waals surface area (Å²) in [4.78, 5) is 38.9. The third-order valence-electron chi connectivity index (χ3n) is 6.43. The Bertz CT molecular complexity index is 615. The zero-order valence-corrected chi connectivity index (χ0v) is 25.8. The van der Waals surface area contributed by atoms with Crippen LogP contribution in [0.4, 0.5) is 4.79 Å². The lowest BCUT2D eigenvalue weighted by molar-refractivity contribution is -0.150. The number of carbonyl (C=O) groups excluding carboxylic acids is 3. The number of unbranched alkanes of at least 4 members (excludes halogenated alkanes) is 8. The van der Waals surface area contributed by atoms with Gasteiger partial charge in [0, 0.05) is 25.9 Å². The quantitative estimate of drug-likeness (QED) is 0.0636. The van der Waals surface area contributed by atoms with Gasteiger partial charge in [0.15, 0.2) is 0 Å². The Morgan fingerprint density at radius 3 is 1.87 bits per heavy atom. The molecule has 0 saturated heterocycles. The maximum absolute atomic E-state index is 12.6. The summed E-state index contributed by atoms with van der Waals surface area (Å²) < 4.78 is 11.1. The maximum atomic E-state index is 12.6. The number of thioether (sulfide) groups is 1. The molecule has 0 bridgehead atoms. The summed E-state index contributed by atoms with van der Waals surface area (Å²) in [6.07, 6.45) is 20.3. The van der Waals surface area contributed by atoms with E-state index in [4.69, 9.17) is 9.47 Å². The first-order valence-electron chi connectivity index (χ1n) is 15.4. The van der Waals surface area contributed by atoms with Crippen LogP contribution in [0.25, 0.3) is 0 Å². The van der Waals surface area contributed by atoms with Crippen LogP contribution < -0.4 is 0 Å². The molecule has 7 heteroatoms. The SMILES string of the molecule is CCCCCC/C=C\COC(=O)CCCN(CCCC(=O)OC(CCCCC)CCCCC)C(=O)SCC. The van der Waals surface area contributed by atoms with Crippen molar-refractivity contribution in [1.29, 1.82) is 0 Å². The van der Waals surface area contributed by atoms with E-state index < -0.39 is 0 Å². The third-order valence-corrected chi connectivity index (χ3v) is 7.23. The second-order valence-electron chi connectivity index (χ2n) is 10.0. The van der Waals surface area contributed by atoms with Crippen molar-refractivity contribution in [2.45, 2.75) is 143 Å². The largest absolute Gasteiger partial charge is 0.462 e. The van der Waals surface area contributed by atoms with E-state index in [0.717, 1.165) is 57.8 Å². The predicted octanol–water partition coefficient (Wildman–Crippen LogP) is 8.86. The van der Waals surface area contributed by atoms with Gasteiger partial charge in [-0.15, -0.1) is 0 Å². The molecule has 0 N–H and O–H groups in total. The number of carbonyl (C=O) groups is 3. The molecule has 222 valence electrons. The molecule has 0 atom stereocenters. The molecule has 1 amide bonds. The Labute approximate surface area is 238 Å². The molecule has 0 aliphatic carbocycles. The van der Waals surface area contributed by atoms with Crippen LogP contribution in [0.2, 0.25) is 0 Å².